The van der Waals surface area contributed by atoms with Crippen molar-refractivity contribution in [3.63, 3.8) is 0 Å². The first kappa shape index (κ1) is 22.5. The summed E-state index contributed by atoms with van der Waals surface area (Å²) in [5.41, 5.74) is 3.36. The predicted octanol–water partition coefficient (Wildman–Crippen LogP) is 6.29. The van der Waals surface area contributed by atoms with Gasteiger partial charge in [0.25, 0.3) is 0 Å². The minimum absolute atomic E-state index is 0.386. The first-order chi connectivity index (χ1) is 16.0. The van der Waals surface area contributed by atoms with E-state index in [0.717, 1.165) is 32.6 Å². The second-order valence-corrected chi connectivity index (χ2v) is 10.5. The fourth-order valence-electron chi connectivity index (χ4n) is 3.77. The molecule has 3 nitrogen and oxygen atoms in total. The van der Waals surface area contributed by atoms with Gasteiger partial charge in [-0.25, -0.2) is 4.79 Å². The Morgan fingerprint density at radius 2 is 1.18 bits per heavy atom. The van der Waals surface area contributed by atoms with Gasteiger partial charge in [0.15, 0.2) is 7.14 Å². The van der Waals surface area contributed by atoms with Gasteiger partial charge >= 0.3 is 5.97 Å². The molecule has 0 aliphatic heterocycles. The number of carbonyl (C=O) groups is 1. The van der Waals surface area contributed by atoms with Crippen LogP contribution in [0, 0.1) is 6.92 Å². The number of carbonyl (C=O) groups excluding carboxylic acids is 1. The Bertz CT molecular complexity index is 1260. The van der Waals surface area contributed by atoms with Gasteiger partial charge in [-0.1, -0.05) is 103 Å². The molecule has 0 saturated heterocycles. The molecule has 4 rings (SSSR count). The fraction of sp³-hybridized carbons (Fsp3) is 0.0690. The lowest BCUT2D eigenvalue weighted by Gasteiger charge is -2.23. The third-order valence-corrected chi connectivity index (χ3v) is 8.68. The summed E-state index contributed by atoms with van der Waals surface area (Å²) in [6.45, 7) is 2.03. The monoisotopic (exact) mass is 452 g/mol. The Hall–Kier alpha value is -3.68. The van der Waals surface area contributed by atoms with Crippen molar-refractivity contribution < 1.29 is 14.1 Å². The summed E-state index contributed by atoms with van der Waals surface area (Å²) in [4.78, 5) is 11.8. The SMILES string of the molecule is COC(=O)c1ccc(/C=C(\c2ccc(C)cc2)P(=O)(c2ccccc2)c2ccccc2)cc1. The number of rotatable bonds is 6. The number of ether oxygens (including phenoxy) is 1. The number of aryl methyl sites for hydroxylation is 1. The Balaban J connectivity index is 1.96. The van der Waals surface area contributed by atoms with Crippen LogP contribution in [0.1, 0.15) is 27.0 Å². The minimum Gasteiger partial charge on any atom is -0.465 e. The van der Waals surface area contributed by atoms with Gasteiger partial charge in [0, 0.05) is 15.9 Å². The highest BCUT2D eigenvalue weighted by molar-refractivity contribution is 7.87. The largest absolute Gasteiger partial charge is 0.465 e. The number of esters is 1. The predicted molar refractivity (Wildman–Crippen MR) is 137 cm³/mol. The van der Waals surface area contributed by atoms with Crippen LogP contribution in [-0.2, 0) is 9.30 Å². The zero-order chi connectivity index (χ0) is 23.3. The lowest BCUT2D eigenvalue weighted by atomic mass is 10.1. The zero-order valence-electron chi connectivity index (χ0n) is 18.6. The lowest BCUT2D eigenvalue weighted by Crippen LogP contribution is -2.17. The van der Waals surface area contributed by atoms with Crippen LogP contribution in [0.4, 0.5) is 0 Å². The molecule has 0 aliphatic carbocycles. The molecule has 4 aromatic rings. The molecule has 0 unspecified atom stereocenters. The molecule has 164 valence electrons. The first-order valence-electron chi connectivity index (χ1n) is 10.7. The van der Waals surface area contributed by atoms with Crippen molar-refractivity contribution in [1.29, 1.82) is 0 Å². The van der Waals surface area contributed by atoms with E-state index in [1.165, 1.54) is 7.11 Å². The molecule has 4 aromatic carbocycles. The standard InChI is InChI=1S/C29H25O3P/c1-22-13-17-24(18-14-22)28(21-23-15-19-25(20-16-23)29(30)32-2)33(31,26-9-5-3-6-10-26)27-11-7-4-8-12-27/h3-21H,1-2H3/b28-21+. The van der Waals surface area contributed by atoms with Gasteiger partial charge in [0.1, 0.15) is 0 Å². The number of benzene rings is 4. The zero-order valence-corrected chi connectivity index (χ0v) is 19.5. The van der Waals surface area contributed by atoms with Crippen molar-refractivity contribution in [2.45, 2.75) is 6.92 Å². The van der Waals surface area contributed by atoms with Crippen LogP contribution >= 0.6 is 7.14 Å². The fourth-order valence-corrected chi connectivity index (χ4v) is 6.66. The molecule has 0 atom stereocenters. The molecule has 0 saturated carbocycles. The van der Waals surface area contributed by atoms with Gasteiger partial charge in [-0.15, -0.1) is 0 Å². The van der Waals surface area contributed by atoms with Gasteiger partial charge in [-0.3, -0.25) is 0 Å². The van der Waals surface area contributed by atoms with E-state index in [1.54, 1.807) is 12.1 Å². The summed E-state index contributed by atoms with van der Waals surface area (Å²) in [6, 6.07) is 34.5. The highest BCUT2D eigenvalue weighted by Gasteiger charge is 2.32. The maximum atomic E-state index is 15.1. The molecule has 0 aromatic heterocycles. The first-order valence-corrected chi connectivity index (χ1v) is 12.4. The van der Waals surface area contributed by atoms with Gasteiger partial charge in [-0.05, 0) is 36.3 Å². The Morgan fingerprint density at radius 1 is 0.697 bits per heavy atom. The molecule has 0 radical (unpaired) electrons. The van der Waals surface area contributed by atoms with E-state index in [2.05, 4.69) is 0 Å². The van der Waals surface area contributed by atoms with E-state index < -0.39 is 7.14 Å². The van der Waals surface area contributed by atoms with Crippen LogP contribution < -0.4 is 10.6 Å². The number of methoxy groups -OCH3 is 1. The third-order valence-electron chi connectivity index (χ3n) is 5.56. The molecule has 0 spiro atoms. The van der Waals surface area contributed by atoms with Gasteiger partial charge < -0.3 is 9.30 Å². The van der Waals surface area contributed by atoms with E-state index in [0.29, 0.717) is 5.56 Å². The van der Waals surface area contributed by atoms with Crippen molar-refractivity contribution in [1.82, 2.24) is 0 Å². The molecule has 33 heavy (non-hydrogen) atoms. The molecule has 0 fully saturated rings. The third kappa shape index (κ3) is 4.74. The van der Waals surface area contributed by atoms with Crippen molar-refractivity contribution in [3.8, 4) is 0 Å². The summed E-state index contributed by atoms with van der Waals surface area (Å²) in [5.74, 6) is -0.386. The smallest absolute Gasteiger partial charge is 0.337 e. The Labute approximate surface area is 194 Å². The normalized spacial score (nSPS) is 11.8. The van der Waals surface area contributed by atoms with Gasteiger partial charge in [0.2, 0.25) is 0 Å². The van der Waals surface area contributed by atoms with Crippen LogP contribution in [0.5, 0.6) is 0 Å². The van der Waals surface area contributed by atoms with E-state index >= 15 is 4.57 Å². The average Bonchev–Trinajstić information content (AvgIpc) is 2.88. The highest BCUT2D eigenvalue weighted by Crippen LogP contribution is 2.57. The summed E-state index contributed by atoms with van der Waals surface area (Å²) in [7, 11) is -1.84. The topological polar surface area (TPSA) is 43.4 Å². The molecule has 0 bridgehead atoms. The van der Waals surface area contributed by atoms with E-state index in [9.17, 15) is 4.79 Å². The van der Waals surface area contributed by atoms with Crippen molar-refractivity contribution in [2.75, 3.05) is 7.11 Å². The van der Waals surface area contributed by atoms with E-state index in [-0.39, 0.29) is 5.97 Å². The van der Waals surface area contributed by atoms with Crippen molar-refractivity contribution in [3.05, 3.63) is 131 Å². The quantitative estimate of drug-likeness (QED) is 0.196. The number of hydrogen-bond donors (Lipinski definition) is 0. The van der Waals surface area contributed by atoms with Crippen LogP contribution in [-0.4, -0.2) is 13.1 Å². The maximum Gasteiger partial charge on any atom is 0.337 e. The maximum absolute atomic E-state index is 15.1. The lowest BCUT2D eigenvalue weighted by molar-refractivity contribution is 0.0600. The summed E-state index contributed by atoms with van der Waals surface area (Å²) < 4.78 is 19.9. The second-order valence-electron chi connectivity index (χ2n) is 7.79. The molecular formula is C29H25O3P. The second kappa shape index (κ2) is 9.85. The molecule has 0 aliphatic rings. The Morgan fingerprint density at radius 3 is 1.67 bits per heavy atom. The molecule has 4 heteroatoms. The van der Waals surface area contributed by atoms with Crippen LogP contribution in [0.25, 0.3) is 11.4 Å². The molecular weight excluding hydrogens is 427 g/mol. The molecule has 0 heterocycles. The van der Waals surface area contributed by atoms with Crippen molar-refractivity contribution in [2.24, 2.45) is 0 Å². The highest BCUT2D eigenvalue weighted by atomic mass is 31.2. The number of hydrogen-bond acceptors (Lipinski definition) is 3. The van der Waals surface area contributed by atoms with Crippen LogP contribution in [0.15, 0.2) is 109 Å². The van der Waals surface area contributed by atoms with Gasteiger partial charge in [-0.2, -0.15) is 0 Å². The van der Waals surface area contributed by atoms with Gasteiger partial charge in [0.05, 0.1) is 12.7 Å². The minimum atomic E-state index is -3.20. The summed E-state index contributed by atoms with van der Waals surface area (Å²) >= 11 is 0. The summed E-state index contributed by atoms with van der Waals surface area (Å²) in [6.07, 6.45) is 1.96. The average molecular weight is 452 g/mol. The summed E-state index contributed by atoms with van der Waals surface area (Å²) in [5, 5.41) is 2.29. The van der Waals surface area contributed by atoms with E-state index in [4.69, 9.17) is 4.74 Å². The molecule has 0 N–H and O–H groups in total. The Kier molecular flexibility index (Phi) is 6.72. The van der Waals surface area contributed by atoms with Crippen LogP contribution in [0.3, 0.4) is 0 Å². The molecule has 0 amide bonds. The van der Waals surface area contributed by atoms with Crippen molar-refractivity contribution >= 4 is 35.1 Å². The van der Waals surface area contributed by atoms with E-state index in [1.807, 2.05) is 110 Å². The van der Waals surface area contributed by atoms with Crippen LogP contribution in [0.2, 0.25) is 0 Å².